The van der Waals surface area contributed by atoms with E-state index in [1.807, 2.05) is 24.3 Å². The maximum Gasteiger partial charge on any atom is 0.421 e. The van der Waals surface area contributed by atoms with Crippen molar-refractivity contribution >= 4 is 23.1 Å². The fraction of sp³-hybridized carbons (Fsp3) is 0.385. The fourth-order valence-corrected chi connectivity index (χ4v) is 4.36. The van der Waals surface area contributed by atoms with Crippen molar-refractivity contribution in [2.45, 2.75) is 58.0 Å². The van der Waals surface area contributed by atoms with Crippen molar-refractivity contribution in [1.82, 2.24) is 9.97 Å². The number of nitrogens with one attached hydrogen (secondary N) is 2. The van der Waals surface area contributed by atoms with E-state index in [1.165, 1.54) is 31.2 Å². The van der Waals surface area contributed by atoms with E-state index in [0.717, 1.165) is 23.9 Å². The first-order valence-electron chi connectivity index (χ1n) is 11.5. The van der Waals surface area contributed by atoms with Crippen molar-refractivity contribution in [3.63, 3.8) is 0 Å². The maximum absolute atomic E-state index is 13.7. The van der Waals surface area contributed by atoms with Crippen molar-refractivity contribution in [2.75, 3.05) is 10.6 Å². The van der Waals surface area contributed by atoms with Crippen LogP contribution in [0.2, 0.25) is 0 Å². The zero-order valence-electron chi connectivity index (χ0n) is 18.9. The van der Waals surface area contributed by atoms with Crippen LogP contribution in [0.25, 0.3) is 0 Å². The molecule has 0 bridgehead atoms. The monoisotopic (exact) mass is 454 g/mol. The standard InChI is InChI=1S/C26H29F3N4/c1-17(2)15-20-9-5-6-10-23(20)32-24-22(26(27,28)29)16-30-25(33-24)31-21-13-11-19(12-14-21)18-7-3-4-8-18/h5-6,9-14,16-18H,3-4,7-8,15H2,1-2H3,(H2,30,31,32,33). The predicted molar refractivity (Wildman–Crippen MR) is 126 cm³/mol. The summed E-state index contributed by atoms with van der Waals surface area (Å²) in [5.74, 6) is 0.812. The van der Waals surface area contributed by atoms with Gasteiger partial charge in [-0.1, -0.05) is 57.0 Å². The van der Waals surface area contributed by atoms with Gasteiger partial charge >= 0.3 is 6.18 Å². The molecule has 1 fully saturated rings. The van der Waals surface area contributed by atoms with Crippen LogP contribution >= 0.6 is 0 Å². The van der Waals surface area contributed by atoms with Crippen LogP contribution in [-0.4, -0.2) is 9.97 Å². The highest BCUT2D eigenvalue weighted by molar-refractivity contribution is 5.65. The van der Waals surface area contributed by atoms with Gasteiger partial charge in [0.05, 0.1) is 0 Å². The lowest BCUT2D eigenvalue weighted by Gasteiger charge is -2.17. The minimum absolute atomic E-state index is 0.112. The van der Waals surface area contributed by atoms with E-state index in [2.05, 4.69) is 46.6 Å². The third kappa shape index (κ3) is 5.83. The first-order chi connectivity index (χ1) is 15.8. The lowest BCUT2D eigenvalue weighted by molar-refractivity contribution is -0.137. The van der Waals surface area contributed by atoms with Crippen LogP contribution in [0.1, 0.15) is 62.1 Å². The van der Waals surface area contributed by atoms with E-state index in [-0.39, 0.29) is 11.8 Å². The summed E-state index contributed by atoms with van der Waals surface area (Å²) in [7, 11) is 0. The number of nitrogens with zero attached hydrogens (tertiary/aromatic N) is 2. The second-order valence-electron chi connectivity index (χ2n) is 9.06. The molecule has 2 aromatic carbocycles. The molecule has 174 valence electrons. The van der Waals surface area contributed by atoms with E-state index in [1.54, 1.807) is 12.1 Å². The summed E-state index contributed by atoms with van der Waals surface area (Å²) >= 11 is 0. The maximum atomic E-state index is 13.7. The molecule has 0 atom stereocenters. The van der Waals surface area contributed by atoms with Gasteiger partial charge in [-0.05, 0) is 60.4 Å². The topological polar surface area (TPSA) is 49.8 Å². The molecule has 1 heterocycles. The number of alkyl halides is 3. The van der Waals surface area contributed by atoms with Crippen LogP contribution < -0.4 is 10.6 Å². The zero-order chi connectivity index (χ0) is 23.4. The van der Waals surface area contributed by atoms with Crippen LogP contribution in [0.4, 0.5) is 36.3 Å². The van der Waals surface area contributed by atoms with Gasteiger partial charge in [-0.25, -0.2) is 4.98 Å². The van der Waals surface area contributed by atoms with Gasteiger partial charge in [-0.2, -0.15) is 18.2 Å². The summed E-state index contributed by atoms with van der Waals surface area (Å²) in [5.41, 5.74) is 2.70. The Labute approximate surface area is 192 Å². The summed E-state index contributed by atoms with van der Waals surface area (Å²) in [5, 5.41) is 5.96. The Kier molecular flexibility index (Phi) is 6.86. The Hall–Kier alpha value is -3.09. The Bertz CT molecular complexity index is 1070. The summed E-state index contributed by atoms with van der Waals surface area (Å²) in [4.78, 5) is 8.13. The first kappa shape index (κ1) is 23.1. The second-order valence-corrected chi connectivity index (χ2v) is 9.06. The molecule has 0 saturated heterocycles. The Morgan fingerprint density at radius 3 is 2.33 bits per heavy atom. The first-order valence-corrected chi connectivity index (χ1v) is 11.5. The Morgan fingerprint density at radius 2 is 1.67 bits per heavy atom. The number of rotatable bonds is 7. The molecule has 2 N–H and O–H groups in total. The van der Waals surface area contributed by atoms with Gasteiger partial charge < -0.3 is 10.6 Å². The molecule has 1 aliphatic rings. The average molecular weight is 455 g/mol. The van der Waals surface area contributed by atoms with Gasteiger partial charge in [0.15, 0.2) is 0 Å². The molecule has 0 amide bonds. The predicted octanol–water partition coefficient (Wildman–Crippen LogP) is 7.84. The minimum atomic E-state index is -4.57. The molecule has 3 aromatic rings. The summed E-state index contributed by atoms with van der Waals surface area (Å²) in [6.45, 7) is 4.14. The quantitative estimate of drug-likeness (QED) is 0.382. The molecule has 33 heavy (non-hydrogen) atoms. The van der Waals surface area contributed by atoms with E-state index in [0.29, 0.717) is 17.5 Å². The van der Waals surface area contributed by atoms with Crippen molar-refractivity contribution in [3.8, 4) is 0 Å². The molecule has 4 rings (SSSR count). The lowest BCUT2D eigenvalue weighted by atomic mass is 9.98. The van der Waals surface area contributed by atoms with Crippen LogP contribution in [0.15, 0.2) is 54.7 Å². The van der Waals surface area contributed by atoms with Gasteiger partial charge in [0, 0.05) is 17.6 Å². The number of para-hydroxylation sites is 1. The molecule has 0 unspecified atom stereocenters. The molecule has 1 aromatic heterocycles. The molecule has 4 nitrogen and oxygen atoms in total. The zero-order valence-corrected chi connectivity index (χ0v) is 18.9. The third-order valence-corrected chi connectivity index (χ3v) is 5.99. The average Bonchev–Trinajstić information content (AvgIpc) is 3.30. The van der Waals surface area contributed by atoms with Crippen LogP contribution in [-0.2, 0) is 12.6 Å². The smallest absolute Gasteiger partial charge is 0.339 e. The molecule has 0 radical (unpaired) electrons. The second kappa shape index (κ2) is 9.81. The van der Waals surface area contributed by atoms with Crippen molar-refractivity contribution in [2.24, 2.45) is 5.92 Å². The van der Waals surface area contributed by atoms with Crippen molar-refractivity contribution < 1.29 is 13.2 Å². The highest BCUT2D eigenvalue weighted by Gasteiger charge is 2.35. The minimum Gasteiger partial charge on any atom is -0.339 e. The summed E-state index contributed by atoms with van der Waals surface area (Å²) in [6.07, 6.45) is 1.95. The molecule has 7 heteroatoms. The van der Waals surface area contributed by atoms with Crippen molar-refractivity contribution in [3.05, 3.63) is 71.4 Å². The summed E-state index contributed by atoms with van der Waals surface area (Å²) < 4.78 is 41.0. The Morgan fingerprint density at radius 1 is 0.970 bits per heavy atom. The number of hydrogen-bond donors (Lipinski definition) is 2. The fourth-order valence-electron chi connectivity index (χ4n) is 4.36. The van der Waals surface area contributed by atoms with E-state index < -0.39 is 11.7 Å². The molecular weight excluding hydrogens is 425 g/mol. The summed E-state index contributed by atoms with van der Waals surface area (Å²) in [6, 6.07) is 15.4. The number of hydrogen-bond acceptors (Lipinski definition) is 4. The molecule has 1 saturated carbocycles. The lowest BCUT2D eigenvalue weighted by Crippen LogP contribution is -2.13. The normalized spacial score (nSPS) is 14.6. The van der Waals surface area contributed by atoms with E-state index in [4.69, 9.17) is 0 Å². The Balaban J connectivity index is 1.59. The van der Waals surface area contributed by atoms with Crippen molar-refractivity contribution in [1.29, 1.82) is 0 Å². The number of anilines is 4. The highest BCUT2D eigenvalue weighted by Crippen LogP contribution is 2.37. The van der Waals surface area contributed by atoms with Crippen LogP contribution in [0.3, 0.4) is 0 Å². The molecular formula is C26H29F3N4. The SMILES string of the molecule is CC(C)Cc1ccccc1Nc1nc(Nc2ccc(C3CCCC3)cc2)ncc1C(F)(F)F. The number of aromatic nitrogens is 2. The number of halogens is 3. The van der Waals surface area contributed by atoms with Gasteiger partial charge in [-0.15, -0.1) is 0 Å². The molecule has 0 spiro atoms. The van der Waals surface area contributed by atoms with Gasteiger partial charge in [0.2, 0.25) is 5.95 Å². The van der Waals surface area contributed by atoms with E-state index in [9.17, 15) is 13.2 Å². The number of benzene rings is 2. The molecule has 1 aliphatic carbocycles. The largest absolute Gasteiger partial charge is 0.421 e. The van der Waals surface area contributed by atoms with Crippen LogP contribution in [0.5, 0.6) is 0 Å². The van der Waals surface area contributed by atoms with E-state index >= 15 is 0 Å². The van der Waals surface area contributed by atoms with Gasteiger partial charge in [0.25, 0.3) is 0 Å². The van der Waals surface area contributed by atoms with Gasteiger partial charge in [0.1, 0.15) is 11.4 Å². The molecule has 0 aliphatic heterocycles. The third-order valence-electron chi connectivity index (χ3n) is 5.99. The van der Waals surface area contributed by atoms with Crippen LogP contribution in [0, 0.1) is 5.92 Å². The highest BCUT2D eigenvalue weighted by atomic mass is 19.4. The van der Waals surface area contributed by atoms with Gasteiger partial charge in [-0.3, -0.25) is 0 Å².